The maximum absolute atomic E-state index is 6.06. The van der Waals surface area contributed by atoms with Gasteiger partial charge >= 0.3 is 0 Å². The van der Waals surface area contributed by atoms with E-state index >= 15 is 0 Å². The third-order valence-corrected chi connectivity index (χ3v) is 5.15. The predicted molar refractivity (Wildman–Crippen MR) is 59.3 cm³/mol. The largest absolute Gasteiger partial charge is 0.0845 e. The third-order valence-electron chi connectivity index (χ3n) is 2.22. The van der Waals surface area contributed by atoms with E-state index in [2.05, 4.69) is 26.0 Å². The van der Waals surface area contributed by atoms with Crippen LogP contribution in [0.2, 0.25) is 10.6 Å². The first-order chi connectivity index (χ1) is 5.74. The topological polar surface area (TPSA) is 0 Å². The van der Waals surface area contributed by atoms with Crippen LogP contribution in [0.4, 0.5) is 0 Å². The van der Waals surface area contributed by atoms with Crippen molar-refractivity contribution in [1.29, 1.82) is 0 Å². The SMILES string of the molecule is CCC(C)[SiH2]c1ccccc1Cl. The zero-order chi connectivity index (χ0) is 8.97. The molecule has 0 aromatic heterocycles. The molecule has 0 nitrogen and oxygen atoms in total. The molecule has 0 aliphatic carbocycles. The van der Waals surface area contributed by atoms with Crippen molar-refractivity contribution in [1.82, 2.24) is 0 Å². The molecule has 0 saturated carbocycles. The highest BCUT2D eigenvalue weighted by atomic mass is 35.5. The van der Waals surface area contributed by atoms with Gasteiger partial charge in [-0.15, -0.1) is 0 Å². The van der Waals surface area contributed by atoms with Gasteiger partial charge in [0.2, 0.25) is 0 Å². The molecule has 1 aromatic carbocycles. The van der Waals surface area contributed by atoms with E-state index in [4.69, 9.17) is 11.6 Å². The van der Waals surface area contributed by atoms with Gasteiger partial charge in [0.05, 0.1) is 9.52 Å². The Balaban J connectivity index is 2.69. The maximum atomic E-state index is 6.06. The Kier molecular flexibility index (Phi) is 3.83. The monoisotopic (exact) mass is 198 g/mol. The standard InChI is InChI=1S/C10H15ClSi/c1-3-8(2)12-10-7-5-4-6-9(10)11/h4-8H,3,12H2,1-2H3. The van der Waals surface area contributed by atoms with Crippen molar-refractivity contribution in [3.63, 3.8) is 0 Å². The minimum absolute atomic E-state index is 0.148. The first kappa shape index (κ1) is 9.81. The summed E-state index contributed by atoms with van der Waals surface area (Å²) in [6, 6.07) is 8.24. The summed E-state index contributed by atoms with van der Waals surface area (Å²) < 4.78 is 0. The molecular weight excluding hydrogens is 184 g/mol. The summed E-state index contributed by atoms with van der Waals surface area (Å²) in [5.41, 5.74) is 0.866. The lowest BCUT2D eigenvalue weighted by atomic mass is 10.4. The van der Waals surface area contributed by atoms with Crippen LogP contribution in [-0.4, -0.2) is 9.52 Å². The van der Waals surface area contributed by atoms with Crippen LogP contribution in [0.5, 0.6) is 0 Å². The number of rotatable bonds is 3. The Morgan fingerprint density at radius 1 is 1.42 bits per heavy atom. The summed E-state index contributed by atoms with van der Waals surface area (Å²) >= 11 is 6.06. The number of halogens is 1. The fourth-order valence-corrected chi connectivity index (χ4v) is 3.18. The summed E-state index contributed by atoms with van der Waals surface area (Å²) in [7, 11) is -0.148. The molecule has 12 heavy (non-hydrogen) atoms. The van der Waals surface area contributed by atoms with Gasteiger partial charge in [0.1, 0.15) is 0 Å². The lowest BCUT2D eigenvalue weighted by Crippen LogP contribution is -2.18. The molecule has 0 aliphatic rings. The molecule has 1 unspecified atom stereocenters. The van der Waals surface area contributed by atoms with Crippen LogP contribution in [0.25, 0.3) is 0 Å². The van der Waals surface area contributed by atoms with Gasteiger partial charge in [-0.25, -0.2) is 0 Å². The van der Waals surface area contributed by atoms with Gasteiger partial charge in [-0.2, -0.15) is 0 Å². The van der Waals surface area contributed by atoms with Crippen LogP contribution in [0.3, 0.4) is 0 Å². The summed E-state index contributed by atoms with van der Waals surface area (Å²) in [6.45, 7) is 4.56. The van der Waals surface area contributed by atoms with Crippen molar-refractivity contribution in [2.24, 2.45) is 0 Å². The second kappa shape index (κ2) is 4.68. The Morgan fingerprint density at radius 2 is 2.08 bits per heavy atom. The fraction of sp³-hybridized carbons (Fsp3) is 0.400. The molecule has 0 saturated heterocycles. The molecule has 0 amide bonds. The minimum atomic E-state index is -0.148. The summed E-state index contributed by atoms with van der Waals surface area (Å²) in [4.78, 5) is 0. The minimum Gasteiger partial charge on any atom is -0.0845 e. The molecule has 0 fully saturated rings. The number of benzene rings is 1. The van der Waals surface area contributed by atoms with Gasteiger partial charge in [-0.1, -0.05) is 50.1 Å². The first-order valence-electron chi connectivity index (χ1n) is 4.47. The van der Waals surface area contributed by atoms with Crippen LogP contribution >= 0.6 is 11.6 Å². The normalized spacial score (nSPS) is 13.9. The Morgan fingerprint density at radius 3 is 2.67 bits per heavy atom. The molecular formula is C10H15ClSi. The van der Waals surface area contributed by atoms with Crippen LogP contribution in [0.15, 0.2) is 24.3 Å². The van der Waals surface area contributed by atoms with Gasteiger partial charge in [0.15, 0.2) is 0 Å². The number of hydrogen-bond donors (Lipinski definition) is 0. The van der Waals surface area contributed by atoms with Crippen molar-refractivity contribution in [2.45, 2.75) is 25.8 Å². The van der Waals surface area contributed by atoms with Gasteiger partial charge in [-0.3, -0.25) is 0 Å². The first-order valence-corrected chi connectivity index (χ1v) is 6.37. The van der Waals surface area contributed by atoms with E-state index in [9.17, 15) is 0 Å². The quantitative estimate of drug-likeness (QED) is 0.655. The zero-order valence-corrected chi connectivity index (χ0v) is 9.85. The molecule has 66 valence electrons. The average molecular weight is 199 g/mol. The van der Waals surface area contributed by atoms with Gasteiger partial charge < -0.3 is 0 Å². The highest BCUT2D eigenvalue weighted by molar-refractivity contribution is 6.59. The van der Waals surface area contributed by atoms with Gasteiger partial charge in [0, 0.05) is 5.02 Å². The third kappa shape index (κ3) is 2.65. The van der Waals surface area contributed by atoms with Crippen molar-refractivity contribution in [3.05, 3.63) is 29.3 Å². The smallest absolute Gasteiger partial charge is 0.0595 e. The molecule has 1 rings (SSSR count). The van der Waals surface area contributed by atoms with E-state index in [0.29, 0.717) is 0 Å². The van der Waals surface area contributed by atoms with E-state index in [0.717, 1.165) is 10.6 Å². The molecule has 0 bridgehead atoms. The van der Waals surface area contributed by atoms with Crippen molar-refractivity contribution in [2.75, 3.05) is 0 Å². The van der Waals surface area contributed by atoms with Crippen molar-refractivity contribution >= 4 is 26.3 Å². The van der Waals surface area contributed by atoms with Gasteiger partial charge in [-0.05, 0) is 16.8 Å². The zero-order valence-electron chi connectivity index (χ0n) is 7.68. The molecule has 1 atom stereocenters. The average Bonchev–Trinajstić information content (AvgIpc) is 2.09. The number of hydrogen-bond acceptors (Lipinski definition) is 0. The molecule has 0 N–H and O–H groups in total. The van der Waals surface area contributed by atoms with E-state index in [1.165, 1.54) is 11.6 Å². The van der Waals surface area contributed by atoms with Gasteiger partial charge in [0.25, 0.3) is 0 Å². The van der Waals surface area contributed by atoms with E-state index in [1.54, 1.807) is 0 Å². The van der Waals surface area contributed by atoms with Crippen LogP contribution < -0.4 is 5.19 Å². The van der Waals surface area contributed by atoms with Crippen LogP contribution in [-0.2, 0) is 0 Å². The second-order valence-electron chi connectivity index (χ2n) is 3.31. The highest BCUT2D eigenvalue weighted by Crippen LogP contribution is 2.09. The second-order valence-corrected chi connectivity index (χ2v) is 6.28. The Hall–Kier alpha value is -0.273. The summed E-state index contributed by atoms with van der Waals surface area (Å²) in [5.74, 6) is 0. The lowest BCUT2D eigenvalue weighted by molar-refractivity contribution is 0.874. The fourth-order valence-electron chi connectivity index (χ4n) is 1.18. The van der Waals surface area contributed by atoms with E-state index < -0.39 is 0 Å². The molecule has 1 aromatic rings. The van der Waals surface area contributed by atoms with E-state index in [1.807, 2.05) is 12.1 Å². The Bertz CT molecular complexity index is 247. The van der Waals surface area contributed by atoms with Crippen LogP contribution in [0.1, 0.15) is 20.3 Å². The molecule has 0 aliphatic heterocycles. The molecule has 0 heterocycles. The Labute approximate surface area is 81.8 Å². The van der Waals surface area contributed by atoms with Crippen molar-refractivity contribution < 1.29 is 0 Å². The molecule has 0 radical (unpaired) electrons. The maximum Gasteiger partial charge on any atom is 0.0595 e. The molecule has 0 spiro atoms. The van der Waals surface area contributed by atoms with Crippen LogP contribution in [0, 0.1) is 0 Å². The predicted octanol–water partition coefficient (Wildman–Crippen LogP) is 2.35. The van der Waals surface area contributed by atoms with E-state index in [-0.39, 0.29) is 9.52 Å². The highest BCUT2D eigenvalue weighted by Gasteiger charge is 2.04. The van der Waals surface area contributed by atoms with Crippen molar-refractivity contribution in [3.8, 4) is 0 Å². The summed E-state index contributed by atoms with van der Waals surface area (Å²) in [5, 5.41) is 2.37. The molecule has 2 heteroatoms. The summed E-state index contributed by atoms with van der Waals surface area (Å²) in [6.07, 6.45) is 1.28. The lowest BCUT2D eigenvalue weighted by Gasteiger charge is -2.08.